The van der Waals surface area contributed by atoms with Crippen LogP contribution in [0.5, 0.6) is 0 Å². The minimum Gasteiger partial charge on any atom is -0.310 e. The van der Waals surface area contributed by atoms with Crippen LogP contribution in [0.15, 0.2) is 12.3 Å². The molecular weight excluding hydrogens is 248 g/mol. The van der Waals surface area contributed by atoms with Gasteiger partial charge in [-0.3, -0.25) is 4.68 Å². The van der Waals surface area contributed by atoms with E-state index in [4.69, 9.17) is 0 Å². The molecule has 0 spiro atoms. The fraction of sp³-hybridized carbons (Fsp3) is 0.812. The Morgan fingerprint density at radius 3 is 2.45 bits per heavy atom. The first-order chi connectivity index (χ1) is 9.65. The summed E-state index contributed by atoms with van der Waals surface area (Å²) in [5, 5.41) is 8.07. The third kappa shape index (κ3) is 2.77. The predicted molar refractivity (Wildman–Crippen MR) is 83.8 cm³/mol. The van der Waals surface area contributed by atoms with Crippen LogP contribution in [0.1, 0.15) is 57.2 Å². The highest BCUT2D eigenvalue weighted by atomic mass is 15.3. The van der Waals surface area contributed by atoms with Crippen LogP contribution in [0.2, 0.25) is 0 Å². The molecule has 1 unspecified atom stereocenters. The number of hydrogen-bond donors (Lipinski definition) is 1. The minimum absolute atomic E-state index is 0.207. The number of rotatable bonds is 5. The fourth-order valence-electron chi connectivity index (χ4n) is 3.88. The summed E-state index contributed by atoms with van der Waals surface area (Å²) in [6, 6.07) is 2.53. The van der Waals surface area contributed by atoms with Crippen molar-refractivity contribution < 1.29 is 0 Å². The number of nitrogens with zero attached hydrogens (tertiary/aromatic N) is 3. The molecule has 1 fully saturated rings. The molecule has 0 radical (unpaired) electrons. The van der Waals surface area contributed by atoms with Crippen molar-refractivity contribution in [2.75, 3.05) is 21.1 Å². The Bertz CT molecular complexity index is 402. The third-order valence-electron chi connectivity index (χ3n) is 5.03. The molecule has 2 rings (SSSR count). The molecule has 0 aliphatic heterocycles. The van der Waals surface area contributed by atoms with Crippen LogP contribution in [0.25, 0.3) is 0 Å². The first-order valence-electron chi connectivity index (χ1n) is 8.02. The Hall–Kier alpha value is -0.870. The first kappa shape index (κ1) is 15.5. The SMILES string of the molecule is CCn1nccc1C(NC)C1(N(C)C)CCCCCC1. The highest BCUT2D eigenvalue weighted by Gasteiger charge is 2.42. The fourth-order valence-corrected chi connectivity index (χ4v) is 3.88. The van der Waals surface area contributed by atoms with Gasteiger partial charge in [0.2, 0.25) is 0 Å². The zero-order valence-corrected chi connectivity index (χ0v) is 13.5. The normalized spacial score (nSPS) is 20.9. The predicted octanol–water partition coefficient (Wildman–Crippen LogP) is 2.82. The second kappa shape index (κ2) is 6.72. The van der Waals surface area contributed by atoms with Crippen LogP contribution in [-0.2, 0) is 6.54 Å². The summed E-state index contributed by atoms with van der Waals surface area (Å²) in [4.78, 5) is 2.45. The lowest BCUT2D eigenvalue weighted by Gasteiger charge is -2.46. The van der Waals surface area contributed by atoms with Crippen LogP contribution in [0.4, 0.5) is 0 Å². The van der Waals surface area contributed by atoms with Gasteiger partial charge in [-0.1, -0.05) is 25.7 Å². The maximum absolute atomic E-state index is 4.47. The summed E-state index contributed by atoms with van der Waals surface area (Å²) in [6.07, 6.45) is 9.87. The smallest absolute Gasteiger partial charge is 0.0676 e. The molecular formula is C16H30N4. The summed E-state index contributed by atoms with van der Waals surface area (Å²) in [7, 11) is 6.57. The van der Waals surface area contributed by atoms with Crippen LogP contribution in [-0.4, -0.2) is 41.4 Å². The number of aromatic nitrogens is 2. The van der Waals surface area contributed by atoms with E-state index in [-0.39, 0.29) is 5.54 Å². The molecule has 1 aliphatic rings. The van der Waals surface area contributed by atoms with Crippen molar-refractivity contribution in [1.29, 1.82) is 0 Å². The summed E-state index contributed by atoms with van der Waals surface area (Å²) in [5.41, 5.74) is 1.53. The van der Waals surface area contributed by atoms with Gasteiger partial charge in [-0.25, -0.2) is 0 Å². The van der Waals surface area contributed by atoms with Gasteiger partial charge in [-0.2, -0.15) is 5.10 Å². The molecule has 1 aromatic rings. The van der Waals surface area contributed by atoms with Gasteiger partial charge in [0.1, 0.15) is 0 Å². The van der Waals surface area contributed by atoms with Gasteiger partial charge in [0.25, 0.3) is 0 Å². The molecule has 0 aromatic carbocycles. The van der Waals surface area contributed by atoms with Gasteiger partial charge in [0.15, 0.2) is 0 Å². The van der Waals surface area contributed by atoms with E-state index in [1.807, 2.05) is 6.20 Å². The number of aryl methyl sites for hydroxylation is 1. The average Bonchev–Trinajstić information content (AvgIpc) is 2.76. The molecule has 1 atom stereocenters. The topological polar surface area (TPSA) is 33.1 Å². The maximum atomic E-state index is 4.47. The van der Waals surface area contributed by atoms with Crippen molar-refractivity contribution in [2.24, 2.45) is 0 Å². The largest absolute Gasteiger partial charge is 0.310 e. The van der Waals surface area contributed by atoms with Crippen molar-refractivity contribution in [3.05, 3.63) is 18.0 Å². The average molecular weight is 278 g/mol. The molecule has 0 bridgehead atoms. The summed E-state index contributed by atoms with van der Waals surface area (Å²) in [6.45, 7) is 3.10. The van der Waals surface area contributed by atoms with E-state index in [0.717, 1.165) is 6.54 Å². The molecule has 4 nitrogen and oxygen atoms in total. The van der Waals surface area contributed by atoms with Crippen molar-refractivity contribution >= 4 is 0 Å². The second-order valence-electron chi connectivity index (χ2n) is 6.21. The van der Waals surface area contributed by atoms with E-state index in [0.29, 0.717) is 6.04 Å². The van der Waals surface area contributed by atoms with Crippen molar-refractivity contribution in [1.82, 2.24) is 20.0 Å². The zero-order valence-electron chi connectivity index (χ0n) is 13.5. The van der Waals surface area contributed by atoms with E-state index in [9.17, 15) is 0 Å². The first-order valence-corrected chi connectivity index (χ1v) is 8.02. The van der Waals surface area contributed by atoms with E-state index in [1.165, 1.54) is 44.2 Å². The lowest BCUT2D eigenvalue weighted by molar-refractivity contribution is 0.0796. The number of nitrogens with one attached hydrogen (secondary N) is 1. The van der Waals surface area contributed by atoms with E-state index < -0.39 is 0 Å². The summed E-state index contributed by atoms with van der Waals surface area (Å²) >= 11 is 0. The maximum Gasteiger partial charge on any atom is 0.0676 e. The molecule has 4 heteroatoms. The van der Waals surface area contributed by atoms with E-state index in [1.54, 1.807) is 0 Å². The lowest BCUT2D eigenvalue weighted by Crippen LogP contribution is -2.53. The van der Waals surface area contributed by atoms with Crippen LogP contribution in [0, 0.1) is 0 Å². The van der Waals surface area contributed by atoms with Gasteiger partial charge in [0, 0.05) is 18.3 Å². The van der Waals surface area contributed by atoms with E-state index in [2.05, 4.69) is 54.1 Å². The van der Waals surface area contributed by atoms with Gasteiger partial charge >= 0.3 is 0 Å². The molecule has 20 heavy (non-hydrogen) atoms. The lowest BCUT2D eigenvalue weighted by atomic mass is 9.79. The molecule has 1 aliphatic carbocycles. The summed E-state index contributed by atoms with van der Waals surface area (Å²) < 4.78 is 2.14. The molecule has 0 amide bonds. The highest BCUT2D eigenvalue weighted by Crippen LogP contribution is 2.40. The van der Waals surface area contributed by atoms with Crippen LogP contribution >= 0.6 is 0 Å². The van der Waals surface area contributed by atoms with Crippen LogP contribution in [0.3, 0.4) is 0 Å². The van der Waals surface area contributed by atoms with Crippen molar-refractivity contribution in [2.45, 2.75) is 63.6 Å². The van der Waals surface area contributed by atoms with Crippen molar-refractivity contribution in [3.63, 3.8) is 0 Å². The van der Waals surface area contributed by atoms with E-state index >= 15 is 0 Å². The van der Waals surface area contributed by atoms with Gasteiger partial charge in [-0.05, 0) is 47.0 Å². The van der Waals surface area contributed by atoms with Gasteiger partial charge in [0.05, 0.1) is 11.7 Å². The minimum atomic E-state index is 0.207. The Morgan fingerprint density at radius 1 is 1.30 bits per heavy atom. The number of hydrogen-bond acceptors (Lipinski definition) is 3. The standard InChI is InChI=1S/C16H30N4/c1-5-20-14(10-13-18-20)15(17-2)16(19(3)4)11-8-6-7-9-12-16/h10,13,15,17H,5-9,11-12H2,1-4H3. The molecule has 1 saturated carbocycles. The van der Waals surface area contributed by atoms with Crippen LogP contribution < -0.4 is 5.32 Å². The Labute approximate surface area is 123 Å². The molecule has 0 saturated heterocycles. The van der Waals surface area contributed by atoms with Gasteiger partial charge in [-0.15, -0.1) is 0 Å². The highest BCUT2D eigenvalue weighted by molar-refractivity contribution is 5.16. The Balaban J connectivity index is 2.39. The van der Waals surface area contributed by atoms with Gasteiger partial charge < -0.3 is 10.2 Å². The van der Waals surface area contributed by atoms with Crippen molar-refractivity contribution in [3.8, 4) is 0 Å². The Kier molecular flexibility index (Phi) is 5.22. The molecule has 1 aromatic heterocycles. The quantitative estimate of drug-likeness (QED) is 0.841. The molecule has 114 valence electrons. The monoisotopic (exact) mass is 278 g/mol. The second-order valence-corrected chi connectivity index (χ2v) is 6.21. The third-order valence-corrected chi connectivity index (χ3v) is 5.03. The number of likely N-dealkylation sites (N-methyl/N-ethyl adjacent to an activating group) is 2. The zero-order chi connectivity index (χ0) is 14.6. The molecule has 1 heterocycles. The summed E-state index contributed by atoms with van der Waals surface area (Å²) in [5.74, 6) is 0. The Morgan fingerprint density at radius 2 is 1.95 bits per heavy atom. The molecule has 1 N–H and O–H groups in total.